The van der Waals surface area contributed by atoms with Crippen molar-refractivity contribution in [3.63, 3.8) is 0 Å². The van der Waals surface area contributed by atoms with Crippen LogP contribution in [0, 0.1) is 0 Å². The van der Waals surface area contributed by atoms with E-state index in [1.54, 1.807) is 10.8 Å². The third kappa shape index (κ3) is 3.32. The Morgan fingerprint density at radius 2 is 1.22 bits per heavy atom. The summed E-state index contributed by atoms with van der Waals surface area (Å²) < 4.78 is 60.7. The maximum atomic E-state index is 9.84. The van der Waals surface area contributed by atoms with E-state index in [-0.39, 0.29) is 64.0 Å². The minimum Gasteiger partial charge on any atom is -0.309 e. The molecule has 0 saturated heterocycles. The molecule has 5 heterocycles. The van der Waals surface area contributed by atoms with Gasteiger partial charge in [-0.3, -0.25) is 9.55 Å². The van der Waals surface area contributed by atoms with Gasteiger partial charge in [-0.25, -0.2) is 4.98 Å². The number of benzene rings is 5. The number of aromatic nitrogens is 5. The van der Waals surface area contributed by atoms with E-state index in [4.69, 9.17) is 9.10 Å². The minimum atomic E-state index is -0.369. The van der Waals surface area contributed by atoms with Crippen molar-refractivity contribution in [2.24, 2.45) is 0 Å². The summed E-state index contributed by atoms with van der Waals surface area (Å²) in [5.41, 5.74) is 4.65. The highest BCUT2D eigenvalue weighted by molar-refractivity contribution is 6.26. The van der Waals surface area contributed by atoms with Crippen molar-refractivity contribution in [2.75, 3.05) is 0 Å². The average molecular weight is 582 g/mol. The maximum absolute atomic E-state index is 9.84. The molecule has 0 amide bonds. The first-order valence-electron chi connectivity index (χ1n) is 17.7. The van der Waals surface area contributed by atoms with E-state index in [0.29, 0.717) is 5.69 Å². The highest BCUT2D eigenvalue weighted by atomic mass is 15.1. The monoisotopic (exact) mass is 581 g/mol. The van der Waals surface area contributed by atoms with Crippen LogP contribution >= 0.6 is 0 Å². The normalized spacial score (nSPS) is 13.9. The molecule has 10 aromatic rings. The second-order valence-corrected chi connectivity index (χ2v) is 11.1. The lowest BCUT2D eigenvalue weighted by molar-refractivity contribution is 1.08. The molecule has 0 aliphatic heterocycles. The molecule has 0 aliphatic carbocycles. The number of rotatable bonds is 3. The summed E-state index contributed by atoms with van der Waals surface area (Å²) in [5.74, 6) is 0.759. The molecule has 0 bridgehead atoms. The summed E-state index contributed by atoms with van der Waals surface area (Å²) in [5, 5.41) is 4.37. The molecule has 0 aliphatic rings. The van der Waals surface area contributed by atoms with Gasteiger partial charge in [-0.1, -0.05) is 66.7 Å². The molecular formula is C40H25N5. The number of fused-ring (bicyclic) bond motifs is 10. The molecule has 5 aromatic carbocycles. The quantitative estimate of drug-likeness (QED) is 0.208. The molecule has 10 rings (SSSR count). The van der Waals surface area contributed by atoms with Crippen LogP contribution in [-0.2, 0) is 0 Å². The van der Waals surface area contributed by atoms with Gasteiger partial charge in [0.05, 0.1) is 41.3 Å². The fraction of sp³-hybridized carbons (Fsp3) is 0. The lowest BCUT2D eigenvalue weighted by Crippen LogP contribution is -1.97. The topological polar surface area (TPSA) is 40.6 Å². The Kier molecular flexibility index (Phi) is 3.89. The number of pyridine rings is 2. The molecule has 5 aromatic heterocycles. The van der Waals surface area contributed by atoms with Gasteiger partial charge in [-0.05, 0) is 66.6 Å². The summed E-state index contributed by atoms with van der Waals surface area (Å²) in [6.45, 7) is 0. The smallest absolute Gasteiger partial charge is 0.137 e. The first kappa shape index (κ1) is 19.2. The zero-order chi connectivity index (χ0) is 34.7. The summed E-state index contributed by atoms with van der Waals surface area (Å²) >= 11 is 0. The van der Waals surface area contributed by atoms with Crippen molar-refractivity contribution >= 4 is 65.4 Å². The van der Waals surface area contributed by atoms with Gasteiger partial charge in [-0.2, -0.15) is 0 Å². The van der Waals surface area contributed by atoms with E-state index in [1.807, 2.05) is 95.6 Å². The Hall–Kier alpha value is -6.20. The minimum absolute atomic E-state index is 0.0638. The van der Waals surface area contributed by atoms with Gasteiger partial charge in [-0.15, -0.1) is 0 Å². The summed E-state index contributed by atoms with van der Waals surface area (Å²) in [6, 6.07) is 34.5. The van der Waals surface area contributed by atoms with Crippen molar-refractivity contribution in [3.05, 3.63) is 152 Å². The van der Waals surface area contributed by atoms with E-state index >= 15 is 0 Å². The highest BCUT2D eigenvalue weighted by Crippen LogP contribution is 2.42. The van der Waals surface area contributed by atoms with Crippen LogP contribution in [0.5, 0.6) is 0 Å². The average Bonchev–Trinajstić information content (AvgIpc) is 3.81. The van der Waals surface area contributed by atoms with Crippen LogP contribution < -0.4 is 0 Å². The Labute approximate surface area is 266 Å². The molecule has 0 radical (unpaired) electrons. The third-order valence-electron chi connectivity index (χ3n) is 8.70. The van der Waals surface area contributed by atoms with E-state index < -0.39 is 0 Å². The first-order chi connectivity index (χ1) is 24.9. The molecule has 5 nitrogen and oxygen atoms in total. The maximum Gasteiger partial charge on any atom is 0.137 e. The largest absolute Gasteiger partial charge is 0.309 e. The second-order valence-electron chi connectivity index (χ2n) is 11.1. The third-order valence-corrected chi connectivity index (χ3v) is 8.70. The molecule has 0 N–H and O–H groups in total. The standard InChI is InChI=1S/C40H25N5/c1-2-10-26(11-3-1)43-35-19-17-27(24-31(35)32-25-41-23-21-36(32)43)44-34-15-7-5-13-30(34)39-37(44)20-18-29-28-12-4-6-14-33(28)45(40(29)39)38-16-8-9-22-42-38/h1-25H/i17D,19D,21D,23D,24D,25D. The van der Waals surface area contributed by atoms with E-state index in [1.165, 1.54) is 0 Å². The Balaban J connectivity index is 1.42. The Morgan fingerprint density at radius 1 is 0.489 bits per heavy atom. The SMILES string of the molecule is [2H]c1nc([2H])c2c3c([2H])c(-n4c5ccccc5c5c4ccc4c6ccccc6n(-c6ccccn6)c45)c([2H])c([2H])c3n(-c3ccccc3)c2c1[2H]. The zero-order valence-corrected chi connectivity index (χ0v) is 23.7. The van der Waals surface area contributed by atoms with E-state index in [2.05, 4.69) is 27.8 Å². The molecule has 0 unspecified atom stereocenters. The van der Waals surface area contributed by atoms with Gasteiger partial charge >= 0.3 is 0 Å². The van der Waals surface area contributed by atoms with Crippen molar-refractivity contribution in [3.8, 4) is 17.2 Å². The summed E-state index contributed by atoms with van der Waals surface area (Å²) in [7, 11) is 0. The fourth-order valence-electron chi connectivity index (χ4n) is 6.89. The lowest BCUT2D eigenvalue weighted by Gasteiger charge is -2.11. The molecule has 0 atom stereocenters. The molecule has 0 saturated carbocycles. The first-order valence-corrected chi connectivity index (χ1v) is 14.7. The molecule has 5 heteroatoms. The van der Waals surface area contributed by atoms with Gasteiger partial charge in [0.15, 0.2) is 0 Å². The van der Waals surface area contributed by atoms with Crippen LogP contribution in [0.4, 0.5) is 0 Å². The molecule has 0 spiro atoms. The van der Waals surface area contributed by atoms with Gasteiger partial charge in [0.1, 0.15) is 5.82 Å². The number of nitrogens with zero attached hydrogens (tertiary/aromatic N) is 5. The van der Waals surface area contributed by atoms with Crippen LogP contribution in [0.1, 0.15) is 8.22 Å². The predicted octanol–water partition coefficient (Wildman–Crippen LogP) is 9.77. The molecule has 45 heavy (non-hydrogen) atoms. The predicted molar refractivity (Wildman–Crippen MR) is 185 cm³/mol. The lowest BCUT2D eigenvalue weighted by atomic mass is 10.1. The molecule has 0 fully saturated rings. The van der Waals surface area contributed by atoms with E-state index in [9.17, 15) is 4.11 Å². The van der Waals surface area contributed by atoms with Crippen LogP contribution in [0.15, 0.2) is 152 Å². The number of para-hydroxylation sites is 3. The van der Waals surface area contributed by atoms with Gasteiger partial charge in [0, 0.05) is 62.2 Å². The van der Waals surface area contributed by atoms with Crippen molar-refractivity contribution in [2.45, 2.75) is 0 Å². The molecular weight excluding hydrogens is 550 g/mol. The van der Waals surface area contributed by atoms with Crippen molar-refractivity contribution in [1.82, 2.24) is 23.7 Å². The second kappa shape index (κ2) is 9.15. The van der Waals surface area contributed by atoms with Crippen LogP contribution in [0.25, 0.3) is 82.6 Å². The molecule has 210 valence electrons. The summed E-state index contributed by atoms with van der Waals surface area (Å²) in [6.07, 6.45) is 1.15. The summed E-state index contributed by atoms with van der Waals surface area (Å²) in [4.78, 5) is 8.80. The van der Waals surface area contributed by atoms with Crippen molar-refractivity contribution in [1.29, 1.82) is 0 Å². The Bertz CT molecular complexity index is 3090. The Morgan fingerprint density at radius 3 is 2.07 bits per heavy atom. The fourth-order valence-corrected chi connectivity index (χ4v) is 6.89. The van der Waals surface area contributed by atoms with Crippen molar-refractivity contribution < 1.29 is 8.22 Å². The van der Waals surface area contributed by atoms with E-state index in [0.717, 1.165) is 49.4 Å². The van der Waals surface area contributed by atoms with Gasteiger partial charge in [0.2, 0.25) is 0 Å². The zero-order valence-electron chi connectivity index (χ0n) is 29.7. The highest BCUT2D eigenvalue weighted by Gasteiger charge is 2.21. The van der Waals surface area contributed by atoms with Gasteiger partial charge in [0.25, 0.3) is 0 Å². The number of hydrogen-bond acceptors (Lipinski definition) is 2. The van der Waals surface area contributed by atoms with Gasteiger partial charge < -0.3 is 9.13 Å². The van der Waals surface area contributed by atoms with Crippen LogP contribution in [0.3, 0.4) is 0 Å². The van der Waals surface area contributed by atoms with Crippen LogP contribution in [-0.4, -0.2) is 23.7 Å². The van der Waals surface area contributed by atoms with Crippen LogP contribution in [0.2, 0.25) is 0 Å². The number of hydrogen-bond donors (Lipinski definition) is 0.